The second-order valence-corrected chi connectivity index (χ2v) is 6.37. The highest BCUT2D eigenvalue weighted by Gasteiger charge is 2.49. The monoisotopic (exact) mass is 322 g/mol. The summed E-state index contributed by atoms with van der Waals surface area (Å²) in [7, 11) is 0. The molecule has 0 N–H and O–H groups in total. The molecule has 0 spiro atoms. The van der Waals surface area contributed by atoms with Crippen molar-refractivity contribution >= 4 is 11.4 Å². The molecular formula is C23H18N2. The molecule has 3 aromatic rings. The summed E-state index contributed by atoms with van der Waals surface area (Å²) in [6, 6.07) is 31.2. The van der Waals surface area contributed by atoms with Crippen molar-refractivity contribution in [3.63, 3.8) is 0 Å². The van der Waals surface area contributed by atoms with Crippen LogP contribution in [0.15, 0.2) is 89.9 Å². The molecule has 0 amide bonds. The summed E-state index contributed by atoms with van der Waals surface area (Å²) in [6.07, 6.45) is 0. The Morgan fingerprint density at radius 2 is 1.44 bits per heavy atom. The number of hydrogen-bond donors (Lipinski definition) is 0. The summed E-state index contributed by atoms with van der Waals surface area (Å²) < 4.78 is 0. The van der Waals surface area contributed by atoms with Crippen molar-refractivity contribution in [3.8, 4) is 6.07 Å². The predicted molar refractivity (Wildman–Crippen MR) is 101 cm³/mol. The first-order chi connectivity index (χ1) is 12.3. The number of para-hydroxylation sites is 1. The Hall–Kier alpha value is -3.18. The van der Waals surface area contributed by atoms with Crippen LogP contribution in [-0.4, -0.2) is 5.71 Å². The van der Waals surface area contributed by atoms with Gasteiger partial charge < -0.3 is 0 Å². The zero-order valence-electron chi connectivity index (χ0n) is 14.1. The van der Waals surface area contributed by atoms with Crippen LogP contribution in [0.1, 0.15) is 23.6 Å². The zero-order valence-corrected chi connectivity index (χ0v) is 14.1. The van der Waals surface area contributed by atoms with Crippen LogP contribution in [0, 0.1) is 17.2 Å². The molecule has 2 heteroatoms. The molecule has 0 saturated carbocycles. The molecular weight excluding hydrogens is 304 g/mol. The quantitative estimate of drug-likeness (QED) is 0.647. The fraction of sp³-hybridized carbons (Fsp3) is 0.130. The van der Waals surface area contributed by atoms with E-state index in [9.17, 15) is 5.26 Å². The highest BCUT2D eigenvalue weighted by molar-refractivity contribution is 6.15. The van der Waals surface area contributed by atoms with Gasteiger partial charge in [-0.3, -0.25) is 4.99 Å². The van der Waals surface area contributed by atoms with Gasteiger partial charge in [-0.1, -0.05) is 78.9 Å². The van der Waals surface area contributed by atoms with Gasteiger partial charge in [0.2, 0.25) is 0 Å². The van der Waals surface area contributed by atoms with E-state index in [0.29, 0.717) is 0 Å². The Morgan fingerprint density at radius 1 is 0.840 bits per heavy atom. The van der Waals surface area contributed by atoms with Crippen molar-refractivity contribution in [1.82, 2.24) is 0 Å². The lowest BCUT2D eigenvalue weighted by Gasteiger charge is -2.35. The smallest absolute Gasteiger partial charge is 0.0806 e. The summed E-state index contributed by atoms with van der Waals surface area (Å²) in [4.78, 5) is 4.99. The molecule has 1 aliphatic rings. The first-order valence-corrected chi connectivity index (χ1v) is 8.47. The molecule has 0 bridgehead atoms. The van der Waals surface area contributed by atoms with Crippen molar-refractivity contribution in [2.75, 3.05) is 0 Å². The lowest BCUT2D eigenvalue weighted by atomic mass is 9.63. The molecule has 4 rings (SSSR count). The maximum atomic E-state index is 9.91. The number of benzene rings is 3. The molecule has 0 saturated heterocycles. The largest absolute Gasteiger partial charge is 0.251 e. The predicted octanol–water partition coefficient (Wildman–Crippen LogP) is 5.27. The fourth-order valence-corrected chi connectivity index (χ4v) is 3.91. The molecule has 2 unspecified atom stereocenters. The van der Waals surface area contributed by atoms with Crippen LogP contribution in [-0.2, 0) is 5.41 Å². The molecule has 2 nitrogen and oxygen atoms in total. The third-order valence-corrected chi connectivity index (χ3v) is 5.05. The maximum Gasteiger partial charge on any atom is 0.0806 e. The topological polar surface area (TPSA) is 36.1 Å². The zero-order chi connectivity index (χ0) is 17.3. The van der Waals surface area contributed by atoms with E-state index in [1.807, 2.05) is 61.5 Å². The number of rotatable bonds is 3. The Balaban J connectivity index is 2.09. The van der Waals surface area contributed by atoms with Crippen molar-refractivity contribution in [1.29, 1.82) is 5.26 Å². The molecule has 25 heavy (non-hydrogen) atoms. The Morgan fingerprint density at radius 3 is 2.12 bits per heavy atom. The van der Waals surface area contributed by atoms with Gasteiger partial charge in [0.05, 0.1) is 28.8 Å². The van der Waals surface area contributed by atoms with Gasteiger partial charge in [0.1, 0.15) is 0 Å². The van der Waals surface area contributed by atoms with Gasteiger partial charge >= 0.3 is 0 Å². The minimum absolute atomic E-state index is 0.252. The van der Waals surface area contributed by atoms with E-state index in [0.717, 1.165) is 28.1 Å². The molecule has 120 valence electrons. The highest BCUT2D eigenvalue weighted by Crippen LogP contribution is 2.50. The second kappa shape index (κ2) is 6.03. The molecule has 2 atom stereocenters. The molecule has 1 aliphatic heterocycles. The summed E-state index contributed by atoms with van der Waals surface area (Å²) in [5.74, 6) is -0.252. The third kappa shape index (κ3) is 2.21. The van der Waals surface area contributed by atoms with Crippen LogP contribution >= 0.6 is 0 Å². The highest BCUT2D eigenvalue weighted by atomic mass is 14.8. The molecule has 0 fully saturated rings. The second-order valence-electron chi connectivity index (χ2n) is 6.37. The molecule has 0 aromatic heterocycles. The van der Waals surface area contributed by atoms with Gasteiger partial charge in [-0.05, 0) is 29.7 Å². The fourth-order valence-electron chi connectivity index (χ4n) is 3.91. The Labute approximate surface area is 148 Å². The van der Waals surface area contributed by atoms with Crippen LogP contribution in [0.4, 0.5) is 5.69 Å². The van der Waals surface area contributed by atoms with Gasteiger partial charge in [-0.15, -0.1) is 0 Å². The third-order valence-electron chi connectivity index (χ3n) is 5.05. The van der Waals surface area contributed by atoms with Crippen LogP contribution in [0.25, 0.3) is 0 Å². The van der Waals surface area contributed by atoms with Crippen LogP contribution < -0.4 is 0 Å². The number of nitrogens with zero attached hydrogens (tertiary/aromatic N) is 2. The molecule has 0 aliphatic carbocycles. The minimum atomic E-state index is -0.562. The summed E-state index contributed by atoms with van der Waals surface area (Å²) in [5.41, 5.74) is 4.62. The maximum absolute atomic E-state index is 9.91. The van der Waals surface area contributed by atoms with E-state index in [2.05, 4.69) is 36.4 Å². The first kappa shape index (κ1) is 15.4. The SMILES string of the molecule is CC(C#N)C1(c2ccccc2)C(c2ccccc2)=Nc2ccccc21. The number of aliphatic imine (C=N–C) groups is 1. The average molecular weight is 322 g/mol. The van der Waals surface area contributed by atoms with E-state index >= 15 is 0 Å². The molecule has 3 aromatic carbocycles. The van der Waals surface area contributed by atoms with E-state index in [1.165, 1.54) is 0 Å². The first-order valence-electron chi connectivity index (χ1n) is 8.47. The van der Waals surface area contributed by atoms with Crippen LogP contribution in [0.3, 0.4) is 0 Å². The van der Waals surface area contributed by atoms with Gasteiger partial charge in [-0.25, -0.2) is 0 Å². The normalized spacial score (nSPS) is 19.6. The van der Waals surface area contributed by atoms with Crippen molar-refractivity contribution in [3.05, 3.63) is 102 Å². The number of nitriles is 1. The lowest BCUT2D eigenvalue weighted by Crippen LogP contribution is -2.41. The standard InChI is InChI=1S/C23H18N2/c1-17(16-24)23(19-12-6-3-7-13-19)20-14-8-9-15-21(20)25-22(23)18-10-4-2-5-11-18/h2-15,17H,1H3. The average Bonchev–Trinajstić information content (AvgIpc) is 3.05. The van der Waals surface area contributed by atoms with Crippen molar-refractivity contribution in [2.24, 2.45) is 10.9 Å². The van der Waals surface area contributed by atoms with Gasteiger partial charge in [0.25, 0.3) is 0 Å². The van der Waals surface area contributed by atoms with E-state index in [-0.39, 0.29) is 5.92 Å². The van der Waals surface area contributed by atoms with Gasteiger partial charge in [0.15, 0.2) is 0 Å². The number of hydrogen-bond acceptors (Lipinski definition) is 2. The van der Waals surface area contributed by atoms with Crippen molar-refractivity contribution in [2.45, 2.75) is 12.3 Å². The Bertz CT molecular complexity index is 968. The molecule has 1 heterocycles. The van der Waals surface area contributed by atoms with Crippen LogP contribution in [0.2, 0.25) is 0 Å². The van der Waals surface area contributed by atoms with E-state index < -0.39 is 5.41 Å². The van der Waals surface area contributed by atoms with Gasteiger partial charge in [-0.2, -0.15) is 5.26 Å². The lowest BCUT2D eigenvalue weighted by molar-refractivity contribution is 0.552. The summed E-state index contributed by atoms with van der Waals surface area (Å²) >= 11 is 0. The summed E-state index contributed by atoms with van der Waals surface area (Å²) in [6.45, 7) is 1.99. The molecule has 0 radical (unpaired) electrons. The number of fused-ring (bicyclic) bond motifs is 1. The van der Waals surface area contributed by atoms with E-state index in [1.54, 1.807) is 0 Å². The minimum Gasteiger partial charge on any atom is -0.251 e. The van der Waals surface area contributed by atoms with Gasteiger partial charge in [0, 0.05) is 0 Å². The Kier molecular flexibility index (Phi) is 3.71. The van der Waals surface area contributed by atoms with E-state index in [4.69, 9.17) is 4.99 Å². The van der Waals surface area contributed by atoms with Crippen molar-refractivity contribution < 1.29 is 0 Å². The summed E-state index contributed by atoms with van der Waals surface area (Å²) in [5, 5.41) is 9.91. The van der Waals surface area contributed by atoms with Crippen LogP contribution in [0.5, 0.6) is 0 Å².